The van der Waals surface area contributed by atoms with Crippen molar-refractivity contribution in [3.63, 3.8) is 0 Å². The van der Waals surface area contributed by atoms with Crippen molar-refractivity contribution in [2.75, 3.05) is 6.61 Å². The predicted molar refractivity (Wildman–Crippen MR) is 72.7 cm³/mol. The van der Waals surface area contributed by atoms with Gasteiger partial charge in [-0.1, -0.05) is 24.9 Å². The number of halogens is 5. The molecule has 2 rings (SSSR count). The van der Waals surface area contributed by atoms with Gasteiger partial charge in [0.05, 0.1) is 17.7 Å². The smallest absolute Gasteiger partial charge is 0.373 e. The minimum absolute atomic E-state index is 0.375. The van der Waals surface area contributed by atoms with Gasteiger partial charge in [0, 0.05) is 0 Å². The Bertz CT molecular complexity index is 470. The van der Waals surface area contributed by atoms with Gasteiger partial charge in [0.15, 0.2) is 0 Å². The van der Waals surface area contributed by atoms with Gasteiger partial charge in [0.1, 0.15) is 11.4 Å². The van der Waals surface area contributed by atoms with Crippen LogP contribution >= 0.6 is 11.6 Å². The van der Waals surface area contributed by atoms with Gasteiger partial charge in [-0.3, -0.25) is 0 Å². The summed E-state index contributed by atoms with van der Waals surface area (Å²) in [6.45, 7) is 2.65. The summed E-state index contributed by atoms with van der Waals surface area (Å²) in [5.41, 5.74) is -1.03. The van der Waals surface area contributed by atoms with E-state index >= 15 is 0 Å². The maximum atomic E-state index is 13.7. The van der Waals surface area contributed by atoms with Crippen LogP contribution in [0.4, 0.5) is 17.6 Å². The second-order valence-corrected chi connectivity index (χ2v) is 5.82. The third-order valence-electron chi connectivity index (χ3n) is 3.79. The number of hydrogen-bond donors (Lipinski definition) is 0. The minimum atomic E-state index is -4.79. The molecule has 1 nitrogen and oxygen atoms in total. The van der Waals surface area contributed by atoms with E-state index in [9.17, 15) is 17.6 Å². The van der Waals surface area contributed by atoms with Crippen LogP contribution in [-0.4, -0.2) is 6.61 Å². The molecule has 1 aliphatic rings. The molecular weight excluding hydrogens is 308 g/mol. The first-order valence-electron chi connectivity index (χ1n) is 7.00. The van der Waals surface area contributed by atoms with Crippen LogP contribution in [0, 0.1) is 11.7 Å². The monoisotopic (exact) mass is 324 g/mol. The fraction of sp³-hybridized carbons (Fsp3) is 0.600. The Morgan fingerprint density at radius 3 is 2.48 bits per heavy atom. The highest BCUT2D eigenvalue weighted by atomic mass is 35.5. The number of benzene rings is 1. The van der Waals surface area contributed by atoms with Crippen LogP contribution in [0.3, 0.4) is 0 Å². The molecule has 0 aromatic heterocycles. The van der Waals surface area contributed by atoms with Gasteiger partial charge in [0.25, 0.3) is 0 Å². The zero-order chi connectivity index (χ0) is 15.6. The molecule has 0 N–H and O–H groups in total. The van der Waals surface area contributed by atoms with E-state index in [2.05, 4.69) is 6.92 Å². The molecule has 1 aliphatic heterocycles. The van der Waals surface area contributed by atoms with Crippen molar-refractivity contribution in [3.05, 3.63) is 34.1 Å². The lowest BCUT2D eigenvalue weighted by atomic mass is 9.91. The van der Waals surface area contributed by atoms with Crippen molar-refractivity contribution >= 4 is 11.6 Å². The Balaban J connectivity index is 2.16. The highest BCUT2D eigenvalue weighted by Crippen LogP contribution is 2.40. The van der Waals surface area contributed by atoms with Crippen LogP contribution < -0.4 is 0 Å². The minimum Gasteiger partial charge on any atom is -0.373 e. The fourth-order valence-electron chi connectivity index (χ4n) is 2.75. The first kappa shape index (κ1) is 16.6. The largest absolute Gasteiger partial charge is 0.420 e. The topological polar surface area (TPSA) is 9.23 Å². The molecule has 1 aromatic rings. The maximum absolute atomic E-state index is 13.7. The summed E-state index contributed by atoms with van der Waals surface area (Å²) in [5, 5.41) is -0.614. The van der Waals surface area contributed by atoms with Gasteiger partial charge in [-0.05, 0) is 42.9 Å². The van der Waals surface area contributed by atoms with Crippen molar-refractivity contribution in [1.82, 2.24) is 0 Å². The Hall–Kier alpha value is -0.810. The van der Waals surface area contributed by atoms with E-state index in [1.807, 2.05) is 0 Å². The van der Waals surface area contributed by atoms with Crippen molar-refractivity contribution in [2.24, 2.45) is 5.92 Å². The summed E-state index contributed by atoms with van der Waals surface area (Å²) in [5.74, 6) is -0.870. The van der Waals surface area contributed by atoms with Crippen LogP contribution in [0.5, 0.6) is 0 Å². The number of rotatable bonds is 3. The van der Waals surface area contributed by atoms with E-state index in [0.29, 0.717) is 24.5 Å². The normalized spacial score (nSPS) is 23.3. The highest BCUT2D eigenvalue weighted by Gasteiger charge is 2.37. The maximum Gasteiger partial charge on any atom is 0.420 e. The predicted octanol–water partition coefficient (Wildman–Crippen LogP) is 5.77. The zero-order valence-corrected chi connectivity index (χ0v) is 12.4. The average molecular weight is 325 g/mol. The number of ether oxygens (including phenoxy) is 1. The van der Waals surface area contributed by atoms with Crippen LogP contribution in [-0.2, 0) is 10.9 Å². The molecule has 21 heavy (non-hydrogen) atoms. The van der Waals surface area contributed by atoms with E-state index in [0.717, 1.165) is 31.4 Å². The summed E-state index contributed by atoms with van der Waals surface area (Å²) >= 11 is 5.60. The standard InChI is InChI=1S/C15H17ClF4O/c1-2-3-9-4-5-13(21-8-9)10-6-11(16)14(12(17)7-10)15(18,19)20/h6-7,9,13H,2-5,8H2,1H3. The van der Waals surface area contributed by atoms with Gasteiger partial charge >= 0.3 is 6.18 Å². The molecule has 0 amide bonds. The molecule has 1 heterocycles. The molecule has 1 saturated heterocycles. The van der Waals surface area contributed by atoms with Gasteiger partial charge in [-0.2, -0.15) is 13.2 Å². The average Bonchev–Trinajstić information content (AvgIpc) is 2.37. The van der Waals surface area contributed by atoms with E-state index in [1.165, 1.54) is 0 Å². The summed E-state index contributed by atoms with van der Waals surface area (Å²) in [4.78, 5) is 0. The third kappa shape index (κ3) is 3.89. The lowest BCUT2D eigenvalue weighted by Crippen LogP contribution is -2.21. The molecule has 118 valence electrons. The van der Waals surface area contributed by atoms with E-state index in [4.69, 9.17) is 16.3 Å². The molecule has 0 bridgehead atoms. The molecule has 0 saturated carbocycles. The van der Waals surface area contributed by atoms with Crippen LogP contribution in [0.1, 0.15) is 49.8 Å². The van der Waals surface area contributed by atoms with E-state index < -0.39 is 22.6 Å². The lowest BCUT2D eigenvalue weighted by molar-refractivity contribution is -0.139. The summed E-state index contributed by atoms with van der Waals surface area (Å²) in [7, 11) is 0. The number of alkyl halides is 3. The summed E-state index contributed by atoms with van der Waals surface area (Å²) < 4.78 is 57.3. The van der Waals surface area contributed by atoms with Gasteiger partial charge in [0.2, 0.25) is 0 Å². The quantitative estimate of drug-likeness (QED) is 0.642. The molecule has 2 atom stereocenters. The SMILES string of the molecule is CCCC1CCC(c2cc(F)c(C(F)(F)F)c(Cl)c2)OC1. The second kappa shape index (κ2) is 6.53. The van der Waals surface area contributed by atoms with Crippen molar-refractivity contribution in [3.8, 4) is 0 Å². The third-order valence-corrected chi connectivity index (χ3v) is 4.08. The van der Waals surface area contributed by atoms with Gasteiger partial charge in [-0.15, -0.1) is 0 Å². The Labute approximate surface area is 126 Å². The van der Waals surface area contributed by atoms with Gasteiger partial charge < -0.3 is 4.74 Å². The molecule has 0 spiro atoms. The highest BCUT2D eigenvalue weighted by molar-refractivity contribution is 6.31. The summed E-state index contributed by atoms with van der Waals surface area (Å²) in [6, 6.07) is 2.05. The van der Waals surface area contributed by atoms with Crippen molar-refractivity contribution in [2.45, 2.75) is 44.9 Å². The molecule has 1 aromatic carbocycles. The Kier molecular flexibility index (Phi) is 5.15. The van der Waals surface area contributed by atoms with Crippen LogP contribution in [0.25, 0.3) is 0 Å². The molecule has 0 radical (unpaired) electrons. The second-order valence-electron chi connectivity index (χ2n) is 5.41. The molecule has 2 unspecified atom stereocenters. The van der Waals surface area contributed by atoms with Crippen LogP contribution in [0.2, 0.25) is 5.02 Å². The zero-order valence-electron chi connectivity index (χ0n) is 11.6. The fourth-order valence-corrected chi connectivity index (χ4v) is 3.08. The first-order valence-corrected chi connectivity index (χ1v) is 7.38. The van der Waals surface area contributed by atoms with Crippen LogP contribution in [0.15, 0.2) is 12.1 Å². The molecular formula is C15H17ClF4O. The summed E-state index contributed by atoms with van der Waals surface area (Å²) in [6.07, 6.45) is -1.44. The van der Waals surface area contributed by atoms with Crippen molar-refractivity contribution < 1.29 is 22.3 Å². The molecule has 1 fully saturated rings. The molecule has 0 aliphatic carbocycles. The Morgan fingerprint density at radius 1 is 1.29 bits per heavy atom. The van der Waals surface area contributed by atoms with Crippen molar-refractivity contribution in [1.29, 1.82) is 0 Å². The van der Waals surface area contributed by atoms with E-state index in [-0.39, 0.29) is 6.10 Å². The van der Waals surface area contributed by atoms with Gasteiger partial charge in [-0.25, -0.2) is 4.39 Å². The molecule has 6 heteroatoms. The Morgan fingerprint density at radius 2 is 2.00 bits per heavy atom. The van der Waals surface area contributed by atoms with E-state index in [1.54, 1.807) is 0 Å². The first-order chi connectivity index (χ1) is 9.82. The lowest BCUT2D eigenvalue weighted by Gasteiger charge is -2.29. The number of hydrogen-bond acceptors (Lipinski definition) is 1.